The summed E-state index contributed by atoms with van der Waals surface area (Å²) in [5.41, 5.74) is 0.825. The number of nitrogens with one attached hydrogen (secondary N) is 1. The lowest BCUT2D eigenvalue weighted by molar-refractivity contribution is -0.385. The normalized spacial score (nSPS) is 10.3. The second-order valence-corrected chi connectivity index (χ2v) is 5.21. The largest absolute Gasteiger partial charge is 0.380 e. The van der Waals surface area contributed by atoms with Crippen molar-refractivity contribution in [1.82, 2.24) is 0 Å². The van der Waals surface area contributed by atoms with Gasteiger partial charge in [-0.1, -0.05) is 0 Å². The number of halogens is 3. The molecule has 20 heavy (non-hydrogen) atoms. The van der Waals surface area contributed by atoms with E-state index in [1.54, 1.807) is 6.07 Å². The van der Waals surface area contributed by atoms with Gasteiger partial charge in [0.05, 0.1) is 11.0 Å². The van der Waals surface area contributed by atoms with Gasteiger partial charge in [-0.15, -0.1) is 0 Å². The van der Waals surface area contributed by atoms with Gasteiger partial charge in [0, 0.05) is 21.9 Å². The molecule has 0 bridgehead atoms. The number of benzene rings is 2. The van der Waals surface area contributed by atoms with Crippen LogP contribution in [0.2, 0.25) is 0 Å². The molecule has 7 heteroatoms. The Morgan fingerprint density at radius 1 is 1.15 bits per heavy atom. The van der Waals surface area contributed by atoms with Crippen LogP contribution in [0.15, 0.2) is 36.4 Å². The Kier molecular flexibility index (Phi) is 4.48. The van der Waals surface area contributed by atoms with Gasteiger partial charge in [-0.25, -0.2) is 8.78 Å². The summed E-state index contributed by atoms with van der Waals surface area (Å²) in [5, 5.41) is 13.6. The molecule has 0 fully saturated rings. The number of nitro groups is 1. The molecule has 4 nitrogen and oxygen atoms in total. The highest BCUT2D eigenvalue weighted by molar-refractivity contribution is 14.1. The summed E-state index contributed by atoms with van der Waals surface area (Å²) < 4.78 is 26.9. The highest BCUT2D eigenvalue weighted by Crippen LogP contribution is 2.21. The van der Waals surface area contributed by atoms with Crippen molar-refractivity contribution in [2.75, 3.05) is 5.32 Å². The van der Waals surface area contributed by atoms with E-state index < -0.39 is 10.7 Å². The molecule has 2 aromatic rings. The first-order valence-corrected chi connectivity index (χ1v) is 6.66. The third-order valence-corrected chi connectivity index (χ3v) is 3.46. The van der Waals surface area contributed by atoms with E-state index in [0.717, 1.165) is 6.07 Å². The number of anilines is 1. The van der Waals surface area contributed by atoms with Crippen molar-refractivity contribution in [3.63, 3.8) is 0 Å². The summed E-state index contributed by atoms with van der Waals surface area (Å²) >= 11 is 1.97. The van der Waals surface area contributed by atoms with Gasteiger partial charge in [-0.2, -0.15) is 0 Å². The van der Waals surface area contributed by atoms with Gasteiger partial charge in [-0.05, 0) is 52.4 Å². The molecule has 0 aliphatic rings. The molecule has 0 unspecified atom stereocenters. The van der Waals surface area contributed by atoms with E-state index >= 15 is 0 Å². The van der Waals surface area contributed by atoms with Gasteiger partial charge in [0.2, 0.25) is 0 Å². The molecule has 0 aromatic heterocycles. The van der Waals surface area contributed by atoms with Crippen LogP contribution in [0.1, 0.15) is 5.56 Å². The third-order valence-electron chi connectivity index (χ3n) is 2.57. The van der Waals surface area contributed by atoms with Gasteiger partial charge in [0.1, 0.15) is 11.6 Å². The second kappa shape index (κ2) is 6.12. The van der Waals surface area contributed by atoms with Gasteiger partial charge in [-0.3, -0.25) is 10.1 Å². The van der Waals surface area contributed by atoms with Crippen molar-refractivity contribution in [3.05, 3.63) is 67.3 Å². The fourth-order valence-corrected chi connectivity index (χ4v) is 2.34. The molecule has 0 aliphatic heterocycles. The topological polar surface area (TPSA) is 55.2 Å². The molecule has 1 N–H and O–H groups in total. The zero-order chi connectivity index (χ0) is 14.7. The lowest BCUT2D eigenvalue weighted by Crippen LogP contribution is -2.02. The fourth-order valence-electron chi connectivity index (χ4n) is 1.67. The van der Waals surface area contributed by atoms with Crippen molar-refractivity contribution in [2.24, 2.45) is 0 Å². The van der Waals surface area contributed by atoms with Crippen LogP contribution in [-0.4, -0.2) is 4.92 Å². The van der Waals surface area contributed by atoms with Crippen molar-refractivity contribution in [2.45, 2.75) is 6.54 Å². The Morgan fingerprint density at radius 2 is 1.90 bits per heavy atom. The van der Waals surface area contributed by atoms with Crippen LogP contribution in [0.5, 0.6) is 0 Å². The highest BCUT2D eigenvalue weighted by Gasteiger charge is 2.10. The lowest BCUT2D eigenvalue weighted by atomic mass is 10.2. The molecule has 104 valence electrons. The van der Waals surface area contributed by atoms with E-state index in [0.29, 0.717) is 14.8 Å². The van der Waals surface area contributed by atoms with Crippen molar-refractivity contribution >= 4 is 34.0 Å². The quantitative estimate of drug-likeness (QED) is 0.486. The summed E-state index contributed by atoms with van der Waals surface area (Å²) in [5.74, 6) is -1.01. The van der Waals surface area contributed by atoms with E-state index in [-0.39, 0.29) is 18.0 Å². The minimum Gasteiger partial charge on any atom is -0.380 e. The van der Waals surface area contributed by atoms with Gasteiger partial charge in [0.15, 0.2) is 0 Å². The number of nitro benzene ring substituents is 1. The fraction of sp³-hybridized carbons (Fsp3) is 0.0769. The van der Waals surface area contributed by atoms with E-state index in [9.17, 15) is 18.9 Å². The highest BCUT2D eigenvalue weighted by atomic mass is 127. The van der Waals surface area contributed by atoms with E-state index in [2.05, 4.69) is 5.32 Å². The monoisotopic (exact) mass is 390 g/mol. The number of hydrogen-bond donors (Lipinski definition) is 1. The number of hydrogen-bond acceptors (Lipinski definition) is 3. The zero-order valence-electron chi connectivity index (χ0n) is 10.1. The zero-order valence-corrected chi connectivity index (χ0v) is 12.2. The molecule has 0 saturated heterocycles. The van der Waals surface area contributed by atoms with Gasteiger partial charge < -0.3 is 5.32 Å². The first-order valence-electron chi connectivity index (χ1n) is 5.58. The molecule has 0 amide bonds. The summed E-state index contributed by atoms with van der Waals surface area (Å²) in [7, 11) is 0. The Bertz CT molecular complexity index is 665. The Hall–Kier alpha value is -1.77. The van der Waals surface area contributed by atoms with Crippen molar-refractivity contribution in [1.29, 1.82) is 0 Å². The summed E-state index contributed by atoms with van der Waals surface area (Å²) in [4.78, 5) is 10.0. The first-order chi connectivity index (χ1) is 9.45. The molecule has 0 aliphatic carbocycles. The molecule has 0 heterocycles. The first kappa shape index (κ1) is 14.6. The third kappa shape index (κ3) is 3.62. The Labute approximate surface area is 127 Å². The van der Waals surface area contributed by atoms with Crippen LogP contribution in [0, 0.1) is 25.3 Å². The Balaban J connectivity index is 2.16. The summed E-state index contributed by atoms with van der Waals surface area (Å²) in [6.45, 7) is 0.209. The molecule has 0 radical (unpaired) electrons. The molecular formula is C13H9F2IN2O2. The molecule has 0 spiro atoms. The molecule has 0 saturated carbocycles. The number of non-ortho nitro benzene ring substituents is 1. The average molecular weight is 390 g/mol. The van der Waals surface area contributed by atoms with Crippen molar-refractivity contribution < 1.29 is 13.7 Å². The lowest BCUT2D eigenvalue weighted by Gasteiger charge is -2.09. The second-order valence-electron chi connectivity index (χ2n) is 4.05. The molecule has 0 atom stereocenters. The van der Waals surface area contributed by atoms with Crippen LogP contribution in [0.25, 0.3) is 0 Å². The number of rotatable bonds is 4. The number of nitrogens with zero attached hydrogens (tertiary/aromatic N) is 1. The maximum atomic E-state index is 13.3. The summed E-state index contributed by atoms with van der Waals surface area (Å²) in [6.07, 6.45) is 0. The Morgan fingerprint density at radius 3 is 2.55 bits per heavy atom. The van der Waals surface area contributed by atoms with Crippen LogP contribution >= 0.6 is 22.6 Å². The van der Waals surface area contributed by atoms with E-state index in [1.165, 1.54) is 24.3 Å². The predicted molar refractivity (Wildman–Crippen MR) is 79.5 cm³/mol. The standard InChI is InChI=1S/C13H9F2IN2O2/c14-9-1-2-13(12(16)6-9)17-7-8-3-10(15)5-11(4-8)18(19)20/h1-6,17H,7H2. The minimum absolute atomic E-state index is 0.209. The molecule has 2 rings (SSSR count). The van der Waals surface area contributed by atoms with Crippen LogP contribution in [0.3, 0.4) is 0 Å². The van der Waals surface area contributed by atoms with Crippen molar-refractivity contribution in [3.8, 4) is 0 Å². The maximum absolute atomic E-state index is 13.3. The minimum atomic E-state index is -0.662. The average Bonchev–Trinajstić information content (AvgIpc) is 2.37. The van der Waals surface area contributed by atoms with Gasteiger partial charge >= 0.3 is 0 Å². The predicted octanol–water partition coefficient (Wildman–Crippen LogP) is 4.09. The van der Waals surface area contributed by atoms with E-state index in [4.69, 9.17) is 0 Å². The maximum Gasteiger partial charge on any atom is 0.272 e. The van der Waals surface area contributed by atoms with Gasteiger partial charge in [0.25, 0.3) is 5.69 Å². The van der Waals surface area contributed by atoms with Crippen LogP contribution < -0.4 is 5.32 Å². The summed E-state index contributed by atoms with van der Waals surface area (Å²) in [6, 6.07) is 7.61. The SMILES string of the molecule is O=[N+]([O-])c1cc(F)cc(CNc2ccc(F)cc2I)c1. The van der Waals surface area contributed by atoms with Crippen LogP contribution in [0.4, 0.5) is 20.2 Å². The molecular weight excluding hydrogens is 381 g/mol. The van der Waals surface area contributed by atoms with E-state index in [1.807, 2.05) is 22.6 Å². The smallest absolute Gasteiger partial charge is 0.272 e. The van der Waals surface area contributed by atoms with Crippen LogP contribution in [-0.2, 0) is 6.54 Å². The molecule has 2 aromatic carbocycles.